The lowest BCUT2D eigenvalue weighted by molar-refractivity contribution is -0.137. The van der Waals surface area contributed by atoms with Crippen molar-refractivity contribution in [2.24, 2.45) is 0 Å². The number of nitrogens with one attached hydrogen (secondary N) is 1. The monoisotopic (exact) mass is 440 g/mol. The van der Waals surface area contributed by atoms with Gasteiger partial charge >= 0.3 is 6.18 Å². The zero-order valence-electron chi connectivity index (χ0n) is 16.0. The molecule has 4 heterocycles. The van der Waals surface area contributed by atoms with Gasteiger partial charge in [-0.15, -0.1) is 11.3 Å². The minimum atomic E-state index is -4.59. The molecule has 1 aliphatic rings. The van der Waals surface area contributed by atoms with Crippen molar-refractivity contribution >= 4 is 28.6 Å². The number of hydrogen-bond acceptors (Lipinski definition) is 6. The van der Waals surface area contributed by atoms with E-state index in [1.54, 1.807) is 23.6 Å². The molecule has 0 aliphatic carbocycles. The van der Waals surface area contributed by atoms with Gasteiger partial charge in [-0.3, -0.25) is 4.79 Å². The van der Waals surface area contributed by atoms with E-state index in [4.69, 9.17) is 9.47 Å². The topological polar surface area (TPSA) is 77.8 Å². The summed E-state index contributed by atoms with van der Waals surface area (Å²) in [5.74, 6) is -0.0661. The summed E-state index contributed by atoms with van der Waals surface area (Å²) in [5, 5.41) is 2.62. The predicted molar refractivity (Wildman–Crippen MR) is 104 cm³/mol. The molecule has 30 heavy (non-hydrogen) atoms. The van der Waals surface area contributed by atoms with E-state index in [1.807, 2.05) is 6.20 Å². The second-order valence-corrected chi connectivity index (χ2v) is 7.65. The first-order chi connectivity index (χ1) is 14.3. The van der Waals surface area contributed by atoms with E-state index < -0.39 is 17.1 Å². The summed E-state index contributed by atoms with van der Waals surface area (Å²) in [7, 11) is 0. The Morgan fingerprint density at radius 2 is 2.10 bits per heavy atom. The van der Waals surface area contributed by atoms with Gasteiger partial charge in [0.2, 0.25) is 0 Å². The Kier molecular flexibility index (Phi) is 5.65. The average Bonchev–Trinajstić information content (AvgIpc) is 3.36. The molecular weight excluding hydrogens is 421 g/mol. The van der Waals surface area contributed by atoms with Gasteiger partial charge in [-0.25, -0.2) is 9.97 Å². The van der Waals surface area contributed by atoms with Crippen LogP contribution in [0.3, 0.4) is 0 Å². The minimum Gasteiger partial charge on any atom is -0.491 e. The molecule has 11 heteroatoms. The number of thiazole rings is 1. The summed E-state index contributed by atoms with van der Waals surface area (Å²) in [4.78, 5) is 20.5. The lowest BCUT2D eigenvalue weighted by Crippen LogP contribution is -2.15. The molecule has 7 nitrogen and oxygen atoms in total. The zero-order chi connectivity index (χ0) is 21.3. The van der Waals surface area contributed by atoms with E-state index in [1.165, 1.54) is 0 Å². The van der Waals surface area contributed by atoms with Gasteiger partial charge in [-0.2, -0.15) is 13.2 Å². The minimum absolute atomic E-state index is 0.294. The molecule has 1 N–H and O–H groups in total. The summed E-state index contributed by atoms with van der Waals surface area (Å²) in [5.41, 5.74) is 1.61. The number of ether oxygens (including phenoxy) is 2. The molecule has 1 fully saturated rings. The number of halogens is 3. The van der Waals surface area contributed by atoms with Crippen LogP contribution in [-0.2, 0) is 10.9 Å². The number of nitrogens with zero attached hydrogens (tertiary/aromatic N) is 3. The molecule has 0 unspecified atom stereocenters. The average molecular weight is 440 g/mol. The fraction of sp³-hybridized carbons (Fsp3) is 0.421. The van der Waals surface area contributed by atoms with Crippen LogP contribution < -0.4 is 10.1 Å². The van der Waals surface area contributed by atoms with E-state index in [9.17, 15) is 18.0 Å². The van der Waals surface area contributed by atoms with E-state index in [2.05, 4.69) is 15.3 Å². The molecule has 1 amide bonds. The van der Waals surface area contributed by atoms with Crippen LogP contribution >= 0.6 is 11.3 Å². The third-order valence-electron chi connectivity index (χ3n) is 4.74. The maximum Gasteiger partial charge on any atom is 0.443 e. The number of carbonyl (C=O) groups is 1. The number of rotatable bonds is 5. The fourth-order valence-corrected chi connectivity index (χ4v) is 3.96. The lowest BCUT2D eigenvalue weighted by Gasteiger charge is -2.19. The third kappa shape index (κ3) is 4.26. The Hall–Kier alpha value is -2.66. The number of anilines is 1. The molecule has 160 valence electrons. The standard InChI is InChI=1S/C19H19F3N4O3S/c1-2-29-15-7-16-23-12(11-3-5-28-6-4-11)8-26(16)9-13(15)24-17(27)14-10-30-18(25-14)19(20,21)22/h7-11H,2-6H2,1H3,(H,24,27). The largest absolute Gasteiger partial charge is 0.491 e. The predicted octanol–water partition coefficient (Wildman–Crippen LogP) is 4.35. The van der Waals surface area contributed by atoms with E-state index >= 15 is 0 Å². The Labute approximate surface area is 173 Å². The number of aromatic nitrogens is 3. The van der Waals surface area contributed by atoms with Crippen LogP contribution in [0.2, 0.25) is 0 Å². The summed E-state index contributed by atoms with van der Waals surface area (Å²) in [6.07, 6.45) is 0.719. The smallest absolute Gasteiger partial charge is 0.443 e. The van der Waals surface area contributed by atoms with Crippen LogP contribution in [0.4, 0.5) is 18.9 Å². The van der Waals surface area contributed by atoms with Crippen LogP contribution in [-0.4, -0.2) is 40.1 Å². The summed E-state index contributed by atoms with van der Waals surface area (Å²) in [6.45, 7) is 3.53. The summed E-state index contributed by atoms with van der Waals surface area (Å²) in [6, 6.07) is 1.70. The molecule has 0 aromatic carbocycles. The highest BCUT2D eigenvalue weighted by Gasteiger charge is 2.35. The first-order valence-electron chi connectivity index (χ1n) is 9.42. The molecule has 4 rings (SSSR count). The van der Waals surface area contributed by atoms with Crippen molar-refractivity contribution in [3.63, 3.8) is 0 Å². The molecule has 0 spiro atoms. The van der Waals surface area contributed by atoms with Crippen molar-refractivity contribution in [3.05, 3.63) is 40.2 Å². The summed E-state index contributed by atoms with van der Waals surface area (Å²) < 4.78 is 51.1. The number of imidazole rings is 1. The molecule has 1 saturated heterocycles. The van der Waals surface area contributed by atoms with E-state index in [0.717, 1.165) is 23.9 Å². The molecule has 0 saturated carbocycles. The Morgan fingerprint density at radius 1 is 1.33 bits per heavy atom. The number of alkyl halides is 3. The highest BCUT2D eigenvalue weighted by Crippen LogP contribution is 2.33. The van der Waals surface area contributed by atoms with Gasteiger partial charge in [0.25, 0.3) is 5.91 Å². The van der Waals surface area contributed by atoms with Gasteiger partial charge in [0.15, 0.2) is 5.01 Å². The van der Waals surface area contributed by atoms with Crippen molar-refractivity contribution in [3.8, 4) is 5.75 Å². The van der Waals surface area contributed by atoms with Gasteiger partial charge < -0.3 is 19.2 Å². The van der Waals surface area contributed by atoms with Crippen LogP contribution in [0.5, 0.6) is 5.75 Å². The molecule has 1 aliphatic heterocycles. The summed E-state index contributed by atoms with van der Waals surface area (Å²) >= 11 is 0.378. The first kappa shape index (κ1) is 20.6. The van der Waals surface area contributed by atoms with Gasteiger partial charge in [0.05, 0.1) is 12.3 Å². The van der Waals surface area contributed by atoms with Crippen molar-refractivity contribution in [2.45, 2.75) is 31.9 Å². The molecule has 0 radical (unpaired) electrons. The highest BCUT2D eigenvalue weighted by atomic mass is 32.1. The van der Waals surface area contributed by atoms with Gasteiger partial charge in [0.1, 0.15) is 22.8 Å². The molecule has 3 aromatic heterocycles. The Balaban J connectivity index is 1.62. The SMILES string of the molecule is CCOc1cc2nc(C3CCOCC3)cn2cc1NC(=O)c1csc(C(F)(F)F)n1. The van der Waals surface area contributed by atoms with Crippen LogP contribution in [0, 0.1) is 0 Å². The van der Waals surface area contributed by atoms with E-state index in [-0.39, 0.29) is 5.69 Å². The Morgan fingerprint density at radius 3 is 2.77 bits per heavy atom. The van der Waals surface area contributed by atoms with Crippen molar-refractivity contribution in [1.82, 2.24) is 14.4 Å². The number of amides is 1. The number of carbonyl (C=O) groups excluding carboxylic acids is 1. The third-order valence-corrected chi connectivity index (χ3v) is 5.63. The van der Waals surface area contributed by atoms with Crippen LogP contribution in [0.25, 0.3) is 5.65 Å². The fourth-order valence-electron chi connectivity index (χ4n) is 3.29. The molecule has 0 atom stereocenters. The maximum atomic E-state index is 12.8. The molecule has 0 bridgehead atoms. The first-order valence-corrected chi connectivity index (χ1v) is 10.3. The number of hydrogen-bond donors (Lipinski definition) is 1. The number of fused-ring (bicyclic) bond motifs is 1. The Bertz CT molecular complexity index is 1060. The van der Waals surface area contributed by atoms with Crippen molar-refractivity contribution in [2.75, 3.05) is 25.1 Å². The molecular formula is C19H19F3N4O3S. The maximum absolute atomic E-state index is 12.8. The van der Waals surface area contributed by atoms with Crippen LogP contribution in [0.1, 0.15) is 46.9 Å². The van der Waals surface area contributed by atoms with Gasteiger partial charge in [-0.05, 0) is 19.8 Å². The van der Waals surface area contributed by atoms with E-state index in [0.29, 0.717) is 54.2 Å². The second-order valence-electron chi connectivity index (χ2n) is 6.79. The normalized spacial score (nSPS) is 15.5. The lowest BCUT2D eigenvalue weighted by atomic mass is 9.97. The molecule has 3 aromatic rings. The van der Waals surface area contributed by atoms with Crippen LogP contribution in [0.15, 0.2) is 23.8 Å². The van der Waals surface area contributed by atoms with Gasteiger partial charge in [0, 0.05) is 43.0 Å². The van der Waals surface area contributed by atoms with Crippen molar-refractivity contribution in [1.29, 1.82) is 0 Å². The highest BCUT2D eigenvalue weighted by molar-refractivity contribution is 7.10. The number of pyridine rings is 1. The zero-order valence-corrected chi connectivity index (χ0v) is 16.8. The second kappa shape index (κ2) is 8.23. The quantitative estimate of drug-likeness (QED) is 0.638. The van der Waals surface area contributed by atoms with Gasteiger partial charge in [-0.1, -0.05) is 0 Å². The van der Waals surface area contributed by atoms with Crippen molar-refractivity contribution < 1.29 is 27.4 Å².